The quantitative estimate of drug-likeness (QED) is 0.786. The Kier molecular flexibility index (Phi) is 3.99. The van der Waals surface area contributed by atoms with Crippen molar-refractivity contribution in [2.45, 2.75) is 12.8 Å². The highest BCUT2D eigenvalue weighted by molar-refractivity contribution is 6.34. The second-order valence-corrected chi connectivity index (χ2v) is 4.72. The molecular weight excluding hydrogens is 258 g/mol. The van der Waals surface area contributed by atoms with E-state index in [1.54, 1.807) is 36.4 Å². The summed E-state index contributed by atoms with van der Waals surface area (Å²) >= 11 is 6.00. The molecule has 2 nitrogen and oxygen atoms in total. The number of rotatable bonds is 3. The van der Waals surface area contributed by atoms with Crippen molar-refractivity contribution in [3.05, 3.63) is 70.2 Å². The molecule has 1 atom stereocenters. The van der Waals surface area contributed by atoms with E-state index in [2.05, 4.69) is 6.07 Å². The number of ketones is 1. The lowest BCUT2D eigenvalue weighted by Crippen LogP contribution is -2.11. The van der Waals surface area contributed by atoms with Crippen molar-refractivity contribution in [1.82, 2.24) is 0 Å². The standard InChI is InChI=1S/C16H12ClNO/c1-11-6-8-12(9-7-11)14(10-18)16(19)13-4-2-3-5-15(13)17/h2-9,14H,1H3. The normalized spacial score (nSPS) is 11.6. The van der Waals surface area contributed by atoms with Gasteiger partial charge in [-0.3, -0.25) is 4.79 Å². The predicted octanol–water partition coefficient (Wildman–Crippen LogP) is 4.14. The van der Waals surface area contributed by atoms with Crippen LogP contribution in [-0.4, -0.2) is 5.78 Å². The molecule has 0 spiro atoms. The molecular formula is C16H12ClNO. The van der Waals surface area contributed by atoms with Gasteiger partial charge in [0.05, 0.1) is 11.1 Å². The first-order valence-corrected chi connectivity index (χ1v) is 6.26. The molecule has 3 heteroatoms. The van der Waals surface area contributed by atoms with E-state index in [-0.39, 0.29) is 5.78 Å². The molecule has 0 bridgehead atoms. The number of carbonyl (C=O) groups excluding carboxylic acids is 1. The summed E-state index contributed by atoms with van der Waals surface area (Å²) < 4.78 is 0. The average Bonchev–Trinajstić information content (AvgIpc) is 2.42. The molecule has 0 aliphatic carbocycles. The van der Waals surface area contributed by atoms with E-state index in [0.29, 0.717) is 16.1 Å². The van der Waals surface area contributed by atoms with E-state index >= 15 is 0 Å². The van der Waals surface area contributed by atoms with Gasteiger partial charge in [-0.2, -0.15) is 5.26 Å². The molecule has 2 rings (SSSR count). The monoisotopic (exact) mass is 269 g/mol. The molecule has 94 valence electrons. The van der Waals surface area contributed by atoms with Crippen LogP contribution >= 0.6 is 11.6 Å². The minimum atomic E-state index is -0.819. The molecule has 19 heavy (non-hydrogen) atoms. The van der Waals surface area contributed by atoms with Crippen LogP contribution in [0.2, 0.25) is 5.02 Å². The van der Waals surface area contributed by atoms with E-state index in [9.17, 15) is 10.1 Å². The molecule has 0 amide bonds. The van der Waals surface area contributed by atoms with Crippen LogP contribution in [0.3, 0.4) is 0 Å². The number of hydrogen-bond donors (Lipinski definition) is 0. The third-order valence-electron chi connectivity index (χ3n) is 2.94. The maximum Gasteiger partial charge on any atom is 0.185 e. The lowest BCUT2D eigenvalue weighted by atomic mass is 9.91. The van der Waals surface area contributed by atoms with E-state index in [1.165, 1.54) is 0 Å². The molecule has 0 heterocycles. The lowest BCUT2D eigenvalue weighted by molar-refractivity contribution is 0.0979. The largest absolute Gasteiger partial charge is 0.292 e. The fourth-order valence-corrected chi connectivity index (χ4v) is 2.09. The van der Waals surface area contributed by atoms with Gasteiger partial charge in [-0.05, 0) is 24.6 Å². The maximum absolute atomic E-state index is 12.4. The first kappa shape index (κ1) is 13.3. The summed E-state index contributed by atoms with van der Waals surface area (Å²) in [5, 5.41) is 9.63. The third kappa shape index (κ3) is 2.83. The first-order chi connectivity index (χ1) is 9.13. The van der Waals surface area contributed by atoms with E-state index in [4.69, 9.17) is 11.6 Å². The molecule has 0 saturated carbocycles. The Morgan fingerprint density at radius 3 is 2.37 bits per heavy atom. The molecule has 0 radical (unpaired) electrons. The molecule has 1 unspecified atom stereocenters. The van der Waals surface area contributed by atoms with Crippen LogP contribution < -0.4 is 0 Å². The fraction of sp³-hybridized carbons (Fsp3) is 0.125. The molecule has 2 aromatic rings. The van der Waals surface area contributed by atoms with E-state index < -0.39 is 5.92 Å². The van der Waals surface area contributed by atoms with Gasteiger partial charge < -0.3 is 0 Å². The van der Waals surface area contributed by atoms with Crippen LogP contribution in [0.15, 0.2) is 48.5 Å². The van der Waals surface area contributed by atoms with Gasteiger partial charge in [0.2, 0.25) is 0 Å². The highest BCUT2D eigenvalue weighted by Gasteiger charge is 2.23. The second kappa shape index (κ2) is 5.69. The Morgan fingerprint density at radius 1 is 1.16 bits per heavy atom. The summed E-state index contributed by atoms with van der Waals surface area (Å²) in [7, 11) is 0. The Balaban J connectivity index is 2.38. The summed E-state index contributed by atoms with van der Waals surface area (Å²) in [6.45, 7) is 1.96. The highest BCUT2D eigenvalue weighted by Crippen LogP contribution is 2.25. The number of hydrogen-bond acceptors (Lipinski definition) is 2. The number of carbonyl (C=O) groups is 1. The summed E-state index contributed by atoms with van der Waals surface area (Å²) in [5.41, 5.74) is 2.17. The summed E-state index contributed by atoms with van der Waals surface area (Å²) in [5.74, 6) is -1.09. The highest BCUT2D eigenvalue weighted by atomic mass is 35.5. The number of aryl methyl sites for hydroxylation is 1. The Bertz CT molecular complexity index is 641. The summed E-state index contributed by atoms with van der Waals surface area (Å²) in [4.78, 5) is 12.4. The molecule has 0 aromatic heterocycles. The van der Waals surface area contributed by atoms with Crippen molar-refractivity contribution in [3.63, 3.8) is 0 Å². The summed E-state index contributed by atoms with van der Waals surface area (Å²) in [6.07, 6.45) is 0. The van der Waals surface area contributed by atoms with Crippen molar-refractivity contribution in [2.75, 3.05) is 0 Å². The number of benzene rings is 2. The van der Waals surface area contributed by atoms with Crippen molar-refractivity contribution in [1.29, 1.82) is 5.26 Å². The molecule has 0 fully saturated rings. The van der Waals surface area contributed by atoms with Crippen LogP contribution in [0.4, 0.5) is 0 Å². The van der Waals surface area contributed by atoms with Gasteiger partial charge in [-0.25, -0.2) is 0 Å². The first-order valence-electron chi connectivity index (χ1n) is 5.88. The topological polar surface area (TPSA) is 40.9 Å². The summed E-state index contributed by atoms with van der Waals surface area (Å²) in [6, 6.07) is 16.2. The zero-order valence-corrected chi connectivity index (χ0v) is 11.2. The minimum Gasteiger partial charge on any atom is -0.292 e. The van der Waals surface area contributed by atoms with Crippen LogP contribution in [0.25, 0.3) is 0 Å². The van der Waals surface area contributed by atoms with Gasteiger partial charge in [0.25, 0.3) is 0 Å². The molecule has 0 saturated heterocycles. The van der Waals surface area contributed by atoms with Crippen molar-refractivity contribution >= 4 is 17.4 Å². The molecule has 0 aliphatic rings. The number of nitriles is 1. The molecule has 0 aliphatic heterocycles. The number of nitrogens with zero attached hydrogens (tertiary/aromatic N) is 1. The second-order valence-electron chi connectivity index (χ2n) is 4.32. The van der Waals surface area contributed by atoms with Crippen LogP contribution in [0.5, 0.6) is 0 Å². The van der Waals surface area contributed by atoms with Crippen LogP contribution in [0.1, 0.15) is 27.4 Å². The van der Waals surface area contributed by atoms with Crippen molar-refractivity contribution < 1.29 is 4.79 Å². The smallest absolute Gasteiger partial charge is 0.185 e. The average molecular weight is 270 g/mol. The van der Waals surface area contributed by atoms with Gasteiger partial charge in [0.1, 0.15) is 5.92 Å². The van der Waals surface area contributed by atoms with E-state index in [1.807, 2.05) is 19.1 Å². The zero-order valence-electron chi connectivity index (χ0n) is 10.4. The fourth-order valence-electron chi connectivity index (χ4n) is 1.86. The van der Waals surface area contributed by atoms with Crippen LogP contribution in [-0.2, 0) is 0 Å². The minimum absolute atomic E-state index is 0.267. The van der Waals surface area contributed by atoms with Crippen molar-refractivity contribution in [3.8, 4) is 6.07 Å². The van der Waals surface area contributed by atoms with Gasteiger partial charge in [0, 0.05) is 5.56 Å². The van der Waals surface area contributed by atoms with Gasteiger partial charge in [0.15, 0.2) is 5.78 Å². The Labute approximate surface area is 117 Å². The van der Waals surface area contributed by atoms with Crippen LogP contribution in [0, 0.1) is 18.3 Å². The van der Waals surface area contributed by atoms with E-state index in [0.717, 1.165) is 5.56 Å². The predicted molar refractivity (Wildman–Crippen MR) is 75.3 cm³/mol. The molecule has 0 N–H and O–H groups in total. The lowest BCUT2D eigenvalue weighted by Gasteiger charge is -2.10. The third-order valence-corrected chi connectivity index (χ3v) is 3.27. The van der Waals surface area contributed by atoms with Gasteiger partial charge in [-0.15, -0.1) is 0 Å². The Hall–Kier alpha value is -2.11. The number of halogens is 1. The Morgan fingerprint density at radius 2 is 1.79 bits per heavy atom. The van der Waals surface area contributed by atoms with Gasteiger partial charge >= 0.3 is 0 Å². The number of Topliss-reactive ketones (excluding diaryl/α,β-unsaturated/α-hetero) is 1. The SMILES string of the molecule is Cc1ccc(C(C#N)C(=O)c2ccccc2Cl)cc1. The zero-order chi connectivity index (χ0) is 13.8. The maximum atomic E-state index is 12.4. The van der Waals surface area contributed by atoms with Gasteiger partial charge in [-0.1, -0.05) is 53.6 Å². The molecule has 2 aromatic carbocycles. The van der Waals surface area contributed by atoms with Crippen molar-refractivity contribution in [2.24, 2.45) is 0 Å².